The van der Waals surface area contributed by atoms with Gasteiger partial charge in [-0.25, -0.2) is 4.98 Å². The Bertz CT molecular complexity index is 790. The number of aromatic nitrogens is 4. The molecule has 110 valence electrons. The normalized spacial score (nSPS) is 11.4. The van der Waals surface area contributed by atoms with Crippen LogP contribution < -0.4 is 0 Å². The van der Waals surface area contributed by atoms with Gasteiger partial charge < -0.3 is 9.82 Å². The molecule has 0 aliphatic rings. The van der Waals surface area contributed by atoms with Crippen LogP contribution in [-0.2, 0) is 4.84 Å². The molecule has 0 unspecified atom stereocenters. The van der Waals surface area contributed by atoms with E-state index in [1.807, 2.05) is 18.2 Å². The summed E-state index contributed by atoms with van der Waals surface area (Å²) < 4.78 is 1.34. The lowest BCUT2D eigenvalue weighted by atomic mass is 10.1. The molecule has 0 fully saturated rings. The molecular weight excluding hydrogens is 282 g/mol. The highest BCUT2D eigenvalue weighted by molar-refractivity contribution is 6.45. The van der Waals surface area contributed by atoms with Crippen LogP contribution in [0.1, 0.15) is 10.5 Å². The molecule has 3 aromatic heterocycles. The number of carbonyl (C=O) groups is 1. The highest BCUT2D eigenvalue weighted by Crippen LogP contribution is 2.20. The molecule has 0 bridgehead atoms. The fraction of sp³-hybridized carbons (Fsp3) is 0.0667. The minimum absolute atomic E-state index is 0.167. The number of carbonyl (C=O) groups excluding carboxylic acids is 1. The molecule has 0 aliphatic carbocycles. The maximum atomic E-state index is 12.4. The average Bonchev–Trinajstić information content (AvgIpc) is 3.24. The summed E-state index contributed by atoms with van der Waals surface area (Å²) in [4.78, 5) is 28.1. The van der Waals surface area contributed by atoms with E-state index in [1.54, 1.807) is 24.8 Å². The summed E-state index contributed by atoms with van der Waals surface area (Å²) in [6.07, 6.45) is 9.72. The molecule has 0 radical (unpaired) electrons. The van der Waals surface area contributed by atoms with Crippen molar-refractivity contribution >= 4 is 11.6 Å². The third-order valence-electron chi connectivity index (χ3n) is 3.08. The molecule has 0 spiro atoms. The molecule has 1 N–H and O–H groups in total. The number of nitrogens with zero attached hydrogens (tertiary/aromatic N) is 4. The largest absolute Gasteiger partial charge is 0.398 e. The van der Waals surface area contributed by atoms with E-state index in [9.17, 15) is 4.79 Å². The molecule has 0 amide bonds. The highest BCUT2D eigenvalue weighted by Gasteiger charge is 2.19. The number of nitrogens with one attached hydrogen (secondary N) is 1. The second-order valence-electron chi connectivity index (χ2n) is 4.44. The smallest absolute Gasteiger partial charge is 0.287 e. The molecule has 7 nitrogen and oxygen atoms in total. The Kier molecular flexibility index (Phi) is 3.78. The summed E-state index contributed by atoms with van der Waals surface area (Å²) in [7, 11) is 1.40. The van der Waals surface area contributed by atoms with E-state index in [4.69, 9.17) is 4.84 Å². The molecule has 0 saturated carbocycles. The maximum absolute atomic E-state index is 12.4. The van der Waals surface area contributed by atoms with E-state index in [-0.39, 0.29) is 11.6 Å². The number of imidazole rings is 1. The summed E-state index contributed by atoms with van der Waals surface area (Å²) >= 11 is 0. The summed E-state index contributed by atoms with van der Waals surface area (Å²) in [5, 5.41) is 3.83. The number of oxime groups is 1. The standard InChI is InChI=1S/C15H13N5O2/c1-22-19-14(15(21)20-7-6-17-10-20)13-8-12(9-18-13)11-2-4-16-5-3-11/h2-10,18H,1H3/b19-14-. The molecule has 7 heteroatoms. The van der Waals surface area contributed by atoms with Crippen molar-refractivity contribution in [3.63, 3.8) is 0 Å². The van der Waals surface area contributed by atoms with Crippen molar-refractivity contribution in [1.29, 1.82) is 0 Å². The third kappa shape index (κ3) is 2.64. The first kappa shape index (κ1) is 13.7. The van der Waals surface area contributed by atoms with Gasteiger partial charge in [-0.3, -0.25) is 14.3 Å². The zero-order valence-electron chi connectivity index (χ0n) is 11.8. The lowest BCUT2D eigenvalue weighted by Gasteiger charge is -2.03. The Hall–Kier alpha value is -3.22. The van der Waals surface area contributed by atoms with Gasteiger partial charge in [0.05, 0.1) is 5.69 Å². The Morgan fingerprint density at radius 3 is 2.73 bits per heavy atom. The third-order valence-corrected chi connectivity index (χ3v) is 3.08. The fourth-order valence-corrected chi connectivity index (χ4v) is 2.04. The van der Waals surface area contributed by atoms with Crippen LogP contribution in [0.15, 0.2) is 60.7 Å². The Morgan fingerprint density at radius 2 is 2.05 bits per heavy atom. The van der Waals surface area contributed by atoms with Crippen LogP contribution in [0.4, 0.5) is 0 Å². The van der Waals surface area contributed by atoms with Gasteiger partial charge in [0.2, 0.25) is 0 Å². The van der Waals surface area contributed by atoms with Crippen molar-refractivity contribution in [2.24, 2.45) is 5.16 Å². The molecule has 22 heavy (non-hydrogen) atoms. The van der Waals surface area contributed by atoms with Gasteiger partial charge in [0, 0.05) is 31.0 Å². The summed E-state index contributed by atoms with van der Waals surface area (Å²) in [6.45, 7) is 0. The number of aromatic amines is 1. The van der Waals surface area contributed by atoms with Crippen LogP contribution in [-0.4, -0.2) is 38.2 Å². The average molecular weight is 295 g/mol. The number of H-pyrrole nitrogens is 1. The van der Waals surface area contributed by atoms with Crippen LogP contribution in [0.25, 0.3) is 11.1 Å². The number of rotatable bonds is 4. The van der Waals surface area contributed by atoms with Crippen molar-refractivity contribution in [2.75, 3.05) is 7.11 Å². The first-order valence-electron chi connectivity index (χ1n) is 6.52. The van der Waals surface area contributed by atoms with Crippen molar-refractivity contribution in [1.82, 2.24) is 19.5 Å². The van der Waals surface area contributed by atoms with E-state index in [0.29, 0.717) is 5.69 Å². The molecule has 0 saturated heterocycles. The lowest BCUT2D eigenvalue weighted by Crippen LogP contribution is -2.22. The van der Waals surface area contributed by atoms with E-state index in [1.165, 1.54) is 24.2 Å². The lowest BCUT2D eigenvalue weighted by molar-refractivity contribution is 0.0982. The summed E-state index contributed by atoms with van der Waals surface area (Å²) in [6, 6.07) is 5.61. The van der Waals surface area contributed by atoms with Crippen molar-refractivity contribution in [3.05, 3.63) is 61.2 Å². The van der Waals surface area contributed by atoms with E-state index >= 15 is 0 Å². The topological polar surface area (TPSA) is 85.2 Å². The maximum Gasteiger partial charge on any atom is 0.287 e. The van der Waals surface area contributed by atoms with Crippen LogP contribution in [0.3, 0.4) is 0 Å². The molecule has 3 aromatic rings. The van der Waals surface area contributed by atoms with Crippen molar-refractivity contribution < 1.29 is 9.63 Å². The van der Waals surface area contributed by atoms with Gasteiger partial charge in [0.15, 0.2) is 5.71 Å². The Morgan fingerprint density at radius 1 is 1.23 bits per heavy atom. The monoisotopic (exact) mass is 295 g/mol. The van der Waals surface area contributed by atoms with Gasteiger partial charge in [-0.2, -0.15) is 0 Å². The summed E-state index contributed by atoms with van der Waals surface area (Å²) in [5.74, 6) is -0.331. The second kappa shape index (κ2) is 6.04. The van der Waals surface area contributed by atoms with Crippen molar-refractivity contribution in [3.8, 4) is 11.1 Å². The fourth-order valence-electron chi connectivity index (χ4n) is 2.04. The minimum Gasteiger partial charge on any atom is -0.398 e. The number of hydrogen-bond acceptors (Lipinski definition) is 5. The number of pyridine rings is 1. The first-order valence-corrected chi connectivity index (χ1v) is 6.52. The molecule has 3 rings (SSSR count). The predicted molar refractivity (Wildman–Crippen MR) is 80.4 cm³/mol. The van der Waals surface area contributed by atoms with E-state index in [2.05, 4.69) is 20.1 Å². The quantitative estimate of drug-likeness (QED) is 0.589. The van der Waals surface area contributed by atoms with Crippen LogP contribution >= 0.6 is 0 Å². The van der Waals surface area contributed by atoms with Crippen LogP contribution in [0.2, 0.25) is 0 Å². The van der Waals surface area contributed by atoms with E-state index in [0.717, 1.165) is 11.1 Å². The Labute approximate surface area is 126 Å². The van der Waals surface area contributed by atoms with Crippen LogP contribution in [0, 0.1) is 0 Å². The molecule has 0 atom stereocenters. The van der Waals surface area contributed by atoms with Gasteiger partial charge in [-0.15, -0.1) is 0 Å². The van der Waals surface area contributed by atoms with Gasteiger partial charge in [-0.05, 0) is 29.3 Å². The second-order valence-corrected chi connectivity index (χ2v) is 4.44. The first-order chi connectivity index (χ1) is 10.8. The van der Waals surface area contributed by atoms with E-state index < -0.39 is 0 Å². The molecule has 0 aromatic carbocycles. The zero-order chi connectivity index (χ0) is 15.4. The van der Waals surface area contributed by atoms with Crippen LogP contribution in [0.5, 0.6) is 0 Å². The minimum atomic E-state index is -0.331. The van der Waals surface area contributed by atoms with Gasteiger partial charge in [0.1, 0.15) is 13.4 Å². The zero-order valence-corrected chi connectivity index (χ0v) is 11.8. The van der Waals surface area contributed by atoms with Gasteiger partial charge in [-0.1, -0.05) is 5.16 Å². The van der Waals surface area contributed by atoms with Gasteiger partial charge >= 0.3 is 0 Å². The molecule has 3 heterocycles. The highest BCUT2D eigenvalue weighted by atomic mass is 16.6. The number of hydrogen-bond donors (Lipinski definition) is 1. The van der Waals surface area contributed by atoms with Crippen molar-refractivity contribution in [2.45, 2.75) is 0 Å². The molecule has 0 aliphatic heterocycles. The predicted octanol–water partition coefficient (Wildman–Crippen LogP) is 1.96. The van der Waals surface area contributed by atoms with Gasteiger partial charge in [0.25, 0.3) is 5.91 Å². The SMILES string of the molecule is CO/N=C(\C(=O)n1ccnc1)c1cc(-c2ccncc2)c[nH]1. The summed E-state index contributed by atoms with van der Waals surface area (Å²) in [5.41, 5.74) is 2.65. The molecular formula is C15H13N5O2. The Balaban J connectivity index is 1.95.